The van der Waals surface area contributed by atoms with Crippen LogP contribution in [0, 0.1) is 0 Å². The number of carbonyl (C=O) groups excluding carboxylic acids is 1. The monoisotopic (exact) mass is 346 g/mol. The molecule has 1 fully saturated rings. The van der Waals surface area contributed by atoms with Crippen molar-refractivity contribution in [1.82, 2.24) is 4.90 Å². The van der Waals surface area contributed by atoms with Gasteiger partial charge in [-0.1, -0.05) is 23.7 Å². The minimum atomic E-state index is -0.104. The van der Waals surface area contributed by atoms with E-state index in [0.29, 0.717) is 37.9 Å². The van der Waals surface area contributed by atoms with Crippen molar-refractivity contribution >= 4 is 23.3 Å². The largest absolute Gasteiger partial charge is 0.489 e. The van der Waals surface area contributed by atoms with E-state index in [4.69, 9.17) is 21.1 Å². The van der Waals surface area contributed by atoms with Gasteiger partial charge in [0.2, 0.25) is 0 Å². The van der Waals surface area contributed by atoms with Crippen molar-refractivity contribution in [3.05, 3.63) is 59.1 Å². The highest BCUT2D eigenvalue weighted by Crippen LogP contribution is 2.18. The molecule has 0 radical (unpaired) electrons. The van der Waals surface area contributed by atoms with E-state index < -0.39 is 0 Å². The summed E-state index contributed by atoms with van der Waals surface area (Å²) in [5.74, 6) is 0.745. The first-order valence-electron chi connectivity index (χ1n) is 7.82. The first kappa shape index (κ1) is 16.6. The molecular formula is C18H19ClN2O3. The summed E-state index contributed by atoms with van der Waals surface area (Å²) in [5.41, 5.74) is 1.79. The van der Waals surface area contributed by atoms with Gasteiger partial charge in [0.1, 0.15) is 12.4 Å². The average molecular weight is 347 g/mol. The zero-order valence-corrected chi connectivity index (χ0v) is 14.0. The van der Waals surface area contributed by atoms with Gasteiger partial charge in [-0.2, -0.15) is 0 Å². The Kier molecular flexibility index (Phi) is 5.56. The zero-order chi connectivity index (χ0) is 16.8. The van der Waals surface area contributed by atoms with Gasteiger partial charge in [0.15, 0.2) is 0 Å². The summed E-state index contributed by atoms with van der Waals surface area (Å²) in [6.45, 7) is 2.88. The molecule has 0 spiro atoms. The summed E-state index contributed by atoms with van der Waals surface area (Å²) in [6, 6.07) is 14.8. The van der Waals surface area contributed by atoms with Crippen LogP contribution in [-0.4, -0.2) is 37.2 Å². The van der Waals surface area contributed by atoms with Crippen LogP contribution in [0.1, 0.15) is 5.56 Å². The van der Waals surface area contributed by atoms with Gasteiger partial charge in [-0.25, -0.2) is 4.79 Å². The number of amides is 2. The Hall–Kier alpha value is -2.24. The van der Waals surface area contributed by atoms with Crippen molar-refractivity contribution in [2.24, 2.45) is 0 Å². The number of nitrogens with zero attached hydrogens (tertiary/aromatic N) is 1. The number of ether oxygens (including phenoxy) is 2. The van der Waals surface area contributed by atoms with E-state index in [1.54, 1.807) is 4.90 Å². The Morgan fingerprint density at radius 1 is 1.08 bits per heavy atom. The predicted octanol–water partition coefficient (Wildman–Crippen LogP) is 3.78. The summed E-state index contributed by atoms with van der Waals surface area (Å²) >= 11 is 5.86. The van der Waals surface area contributed by atoms with Crippen LogP contribution in [0.3, 0.4) is 0 Å². The van der Waals surface area contributed by atoms with E-state index in [0.717, 1.165) is 17.0 Å². The van der Waals surface area contributed by atoms with Crippen LogP contribution < -0.4 is 10.1 Å². The predicted molar refractivity (Wildman–Crippen MR) is 93.6 cm³/mol. The topological polar surface area (TPSA) is 50.8 Å². The second-order valence-corrected chi connectivity index (χ2v) is 5.91. The van der Waals surface area contributed by atoms with Gasteiger partial charge in [0.25, 0.3) is 0 Å². The highest BCUT2D eigenvalue weighted by Gasteiger charge is 2.16. The second kappa shape index (κ2) is 8.04. The van der Waals surface area contributed by atoms with Gasteiger partial charge < -0.3 is 19.7 Å². The van der Waals surface area contributed by atoms with Crippen LogP contribution >= 0.6 is 11.6 Å². The molecule has 2 amide bonds. The maximum Gasteiger partial charge on any atom is 0.321 e. The van der Waals surface area contributed by atoms with Gasteiger partial charge in [0.05, 0.1) is 13.2 Å². The molecule has 1 N–H and O–H groups in total. The third-order valence-electron chi connectivity index (χ3n) is 3.72. The number of hydrogen-bond donors (Lipinski definition) is 1. The minimum absolute atomic E-state index is 0.104. The Bertz CT molecular complexity index is 668. The van der Waals surface area contributed by atoms with Crippen LogP contribution in [0.5, 0.6) is 5.75 Å². The Balaban J connectivity index is 1.51. The minimum Gasteiger partial charge on any atom is -0.489 e. The number of anilines is 1. The van der Waals surface area contributed by atoms with Crippen molar-refractivity contribution in [3.8, 4) is 5.75 Å². The number of urea groups is 1. The van der Waals surface area contributed by atoms with Gasteiger partial charge in [-0.15, -0.1) is 0 Å². The second-order valence-electron chi connectivity index (χ2n) is 5.47. The van der Waals surface area contributed by atoms with E-state index in [-0.39, 0.29) is 6.03 Å². The average Bonchev–Trinajstić information content (AvgIpc) is 2.63. The third-order valence-corrected chi connectivity index (χ3v) is 3.97. The highest BCUT2D eigenvalue weighted by atomic mass is 35.5. The van der Waals surface area contributed by atoms with Gasteiger partial charge in [-0.3, -0.25) is 0 Å². The van der Waals surface area contributed by atoms with Crippen LogP contribution in [-0.2, 0) is 11.3 Å². The third kappa shape index (κ3) is 4.63. The van der Waals surface area contributed by atoms with Crippen LogP contribution in [0.25, 0.3) is 0 Å². The molecule has 1 heterocycles. The summed E-state index contributed by atoms with van der Waals surface area (Å²) in [6.07, 6.45) is 0. The van der Waals surface area contributed by atoms with Crippen molar-refractivity contribution in [2.75, 3.05) is 31.6 Å². The standard InChI is InChI=1S/C18H19ClN2O3/c19-15-3-1-14(2-4-15)13-24-17-7-5-16(6-8-17)20-18(22)21-9-11-23-12-10-21/h1-8H,9-13H2,(H,20,22). The van der Waals surface area contributed by atoms with Crippen molar-refractivity contribution in [2.45, 2.75) is 6.61 Å². The molecule has 5 nitrogen and oxygen atoms in total. The summed E-state index contributed by atoms with van der Waals surface area (Å²) in [7, 11) is 0. The van der Waals surface area contributed by atoms with Crippen molar-refractivity contribution in [1.29, 1.82) is 0 Å². The number of carbonyl (C=O) groups is 1. The van der Waals surface area contributed by atoms with E-state index in [1.807, 2.05) is 48.5 Å². The molecule has 1 aliphatic heterocycles. The van der Waals surface area contributed by atoms with E-state index in [2.05, 4.69) is 5.32 Å². The number of hydrogen-bond acceptors (Lipinski definition) is 3. The zero-order valence-electron chi connectivity index (χ0n) is 13.2. The number of benzene rings is 2. The molecule has 24 heavy (non-hydrogen) atoms. The molecule has 1 saturated heterocycles. The molecule has 0 aliphatic carbocycles. The molecule has 0 saturated carbocycles. The number of morpholine rings is 1. The number of halogens is 1. The van der Waals surface area contributed by atoms with Crippen LogP contribution in [0.4, 0.5) is 10.5 Å². The lowest BCUT2D eigenvalue weighted by Gasteiger charge is -2.26. The molecule has 2 aromatic carbocycles. The fourth-order valence-corrected chi connectivity index (χ4v) is 2.48. The fourth-order valence-electron chi connectivity index (χ4n) is 2.35. The molecule has 0 bridgehead atoms. The maximum absolute atomic E-state index is 12.1. The summed E-state index contributed by atoms with van der Waals surface area (Å²) in [5, 5.41) is 3.59. The lowest BCUT2D eigenvalue weighted by atomic mass is 10.2. The molecule has 126 valence electrons. The van der Waals surface area contributed by atoms with E-state index in [9.17, 15) is 4.79 Å². The number of rotatable bonds is 4. The van der Waals surface area contributed by atoms with Crippen LogP contribution in [0.2, 0.25) is 5.02 Å². The normalized spacial score (nSPS) is 14.3. The molecule has 1 aliphatic rings. The summed E-state index contributed by atoms with van der Waals surface area (Å²) in [4.78, 5) is 13.9. The van der Waals surface area contributed by atoms with Crippen LogP contribution in [0.15, 0.2) is 48.5 Å². The van der Waals surface area contributed by atoms with Gasteiger partial charge >= 0.3 is 6.03 Å². The van der Waals surface area contributed by atoms with Gasteiger partial charge in [-0.05, 0) is 42.0 Å². The fraction of sp³-hybridized carbons (Fsp3) is 0.278. The molecule has 6 heteroatoms. The molecule has 2 aromatic rings. The Labute approximate surface area is 146 Å². The maximum atomic E-state index is 12.1. The van der Waals surface area contributed by atoms with E-state index in [1.165, 1.54) is 0 Å². The SMILES string of the molecule is O=C(Nc1ccc(OCc2ccc(Cl)cc2)cc1)N1CCOCC1. The number of nitrogens with one attached hydrogen (secondary N) is 1. The highest BCUT2D eigenvalue weighted by molar-refractivity contribution is 6.30. The van der Waals surface area contributed by atoms with Gasteiger partial charge in [0, 0.05) is 23.8 Å². The van der Waals surface area contributed by atoms with Crippen molar-refractivity contribution in [3.63, 3.8) is 0 Å². The Morgan fingerprint density at radius 3 is 2.42 bits per heavy atom. The first-order chi connectivity index (χ1) is 11.7. The molecule has 0 unspecified atom stereocenters. The lowest BCUT2D eigenvalue weighted by Crippen LogP contribution is -2.43. The molecule has 0 atom stereocenters. The Morgan fingerprint density at radius 2 is 1.75 bits per heavy atom. The lowest BCUT2D eigenvalue weighted by molar-refractivity contribution is 0.0564. The van der Waals surface area contributed by atoms with Crippen molar-refractivity contribution < 1.29 is 14.3 Å². The smallest absolute Gasteiger partial charge is 0.321 e. The van der Waals surface area contributed by atoms with E-state index >= 15 is 0 Å². The molecule has 3 rings (SSSR count). The quantitative estimate of drug-likeness (QED) is 0.916. The summed E-state index contributed by atoms with van der Waals surface area (Å²) < 4.78 is 11.0. The molecule has 0 aromatic heterocycles. The first-order valence-corrected chi connectivity index (χ1v) is 8.19. The molecular weight excluding hydrogens is 328 g/mol.